The fraction of sp³-hybridized carbons (Fsp3) is 0.696. The molecule has 8 N–H and O–H groups in total. The highest BCUT2D eigenvalue weighted by Gasteiger charge is 2.38. The Morgan fingerprint density at radius 1 is 0.842 bits per heavy atom. The van der Waals surface area contributed by atoms with Gasteiger partial charge >= 0.3 is 17.9 Å². The third-order valence-corrected chi connectivity index (χ3v) is 6.13. The van der Waals surface area contributed by atoms with E-state index in [-0.39, 0.29) is 25.3 Å². The number of carboxylic acids is 3. The van der Waals surface area contributed by atoms with Gasteiger partial charge in [0.1, 0.15) is 24.2 Å². The van der Waals surface area contributed by atoms with Crippen LogP contribution in [0.5, 0.6) is 0 Å². The number of carbonyl (C=O) groups excluding carboxylic acids is 4. The average molecular weight is 544 g/mol. The van der Waals surface area contributed by atoms with Crippen molar-refractivity contribution >= 4 is 41.5 Å². The molecule has 4 amide bonds. The SMILES string of the molecule is CC(C)[C@H](N)C(=O)N[C@@H](C)C(=O)N1CCC[C@H]1C(=O)N[C@@H](CCC(=O)O)C(=O)N[C@@H](CCC(=O)O)C(=O)O. The van der Waals surface area contributed by atoms with E-state index in [2.05, 4.69) is 16.0 Å². The van der Waals surface area contributed by atoms with Crippen molar-refractivity contribution in [1.82, 2.24) is 20.9 Å². The highest BCUT2D eigenvalue weighted by atomic mass is 16.4. The summed E-state index contributed by atoms with van der Waals surface area (Å²) in [5.41, 5.74) is 5.81. The molecular weight excluding hydrogens is 506 g/mol. The molecule has 15 nitrogen and oxygen atoms in total. The molecule has 1 saturated heterocycles. The van der Waals surface area contributed by atoms with Gasteiger partial charge < -0.3 is 41.9 Å². The van der Waals surface area contributed by atoms with E-state index in [1.54, 1.807) is 13.8 Å². The maximum absolute atomic E-state index is 13.1. The third-order valence-electron chi connectivity index (χ3n) is 6.13. The Morgan fingerprint density at radius 3 is 1.89 bits per heavy atom. The van der Waals surface area contributed by atoms with E-state index in [9.17, 15) is 38.7 Å². The molecule has 38 heavy (non-hydrogen) atoms. The van der Waals surface area contributed by atoms with Crippen molar-refractivity contribution < 1.29 is 48.9 Å². The van der Waals surface area contributed by atoms with Crippen LogP contribution in [0.15, 0.2) is 0 Å². The molecule has 0 aromatic rings. The molecule has 214 valence electrons. The van der Waals surface area contributed by atoms with E-state index in [0.29, 0.717) is 6.42 Å². The van der Waals surface area contributed by atoms with E-state index in [1.165, 1.54) is 11.8 Å². The number of likely N-dealkylation sites (tertiary alicyclic amines) is 1. The Balaban J connectivity index is 2.96. The lowest BCUT2D eigenvalue weighted by Crippen LogP contribution is -2.57. The van der Waals surface area contributed by atoms with E-state index >= 15 is 0 Å². The van der Waals surface area contributed by atoms with Crippen LogP contribution in [0, 0.1) is 5.92 Å². The molecule has 0 radical (unpaired) electrons. The summed E-state index contributed by atoms with van der Waals surface area (Å²) in [4.78, 5) is 85.6. The lowest BCUT2D eigenvalue weighted by atomic mass is 10.0. The van der Waals surface area contributed by atoms with Crippen molar-refractivity contribution in [3.05, 3.63) is 0 Å². The van der Waals surface area contributed by atoms with Crippen LogP contribution in [0.1, 0.15) is 59.3 Å². The van der Waals surface area contributed by atoms with Crippen LogP contribution in [0.2, 0.25) is 0 Å². The fourth-order valence-corrected chi connectivity index (χ4v) is 3.83. The number of nitrogens with one attached hydrogen (secondary N) is 3. The van der Waals surface area contributed by atoms with Gasteiger partial charge in [-0.25, -0.2) is 4.79 Å². The number of hydrogen-bond donors (Lipinski definition) is 7. The van der Waals surface area contributed by atoms with E-state index < -0.39 is 91.0 Å². The van der Waals surface area contributed by atoms with Crippen LogP contribution in [-0.2, 0) is 33.6 Å². The van der Waals surface area contributed by atoms with Gasteiger partial charge in [0.2, 0.25) is 23.6 Å². The second-order valence-electron chi connectivity index (χ2n) is 9.52. The van der Waals surface area contributed by atoms with Crippen LogP contribution < -0.4 is 21.7 Å². The number of nitrogens with zero attached hydrogens (tertiary/aromatic N) is 1. The van der Waals surface area contributed by atoms with E-state index in [0.717, 1.165) is 0 Å². The zero-order valence-corrected chi connectivity index (χ0v) is 21.6. The minimum Gasteiger partial charge on any atom is -0.481 e. The summed E-state index contributed by atoms with van der Waals surface area (Å²) >= 11 is 0. The quantitative estimate of drug-likeness (QED) is 0.122. The van der Waals surface area contributed by atoms with Crippen molar-refractivity contribution in [3.8, 4) is 0 Å². The van der Waals surface area contributed by atoms with Gasteiger partial charge in [0.15, 0.2) is 0 Å². The summed E-state index contributed by atoms with van der Waals surface area (Å²) in [6, 6.07) is -5.86. The predicted molar refractivity (Wildman–Crippen MR) is 130 cm³/mol. The van der Waals surface area contributed by atoms with Gasteiger partial charge in [0, 0.05) is 19.4 Å². The van der Waals surface area contributed by atoms with Gasteiger partial charge in [-0.15, -0.1) is 0 Å². The molecule has 15 heteroatoms. The maximum atomic E-state index is 13.1. The van der Waals surface area contributed by atoms with Crippen LogP contribution in [0.3, 0.4) is 0 Å². The number of hydrogen-bond acceptors (Lipinski definition) is 8. The summed E-state index contributed by atoms with van der Waals surface area (Å²) in [5.74, 6) is -7.03. The number of nitrogens with two attached hydrogens (primary N) is 1. The van der Waals surface area contributed by atoms with E-state index in [4.69, 9.17) is 15.9 Å². The monoisotopic (exact) mass is 543 g/mol. The van der Waals surface area contributed by atoms with Crippen molar-refractivity contribution in [2.24, 2.45) is 11.7 Å². The van der Waals surface area contributed by atoms with Gasteiger partial charge in [-0.05, 0) is 38.5 Å². The Hall–Kier alpha value is -3.75. The summed E-state index contributed by atoms with van der Waals surface area (Å²) in [5, 5.41) is 34.2. The highest BCUT2D eigenvalue weighted by Crippen LogP contribution is 2.19. The molecule has 1 aliphatic heterocycles. The smallest absolute Gasteiger partial charge is 0.326 e. The third kappa shape index (κ3) is 9.95. The fourth-order valence-electron chi connectivity index (χ4n) is 3.83. The molecule has 0 aliphatic carbocycles. The largest absolute Gasteiger partial charge is 0.481 e. The summed E-state index contributed by atoms with van der Waals surface area (Å²) in [6.45, 7) is 5.15. The molecule has 0 unspecified atom stereocenters. The first-order valence-electron chi connectivity index (χ1n) is 12.3. The molecular formula is C23H37N5O10. The average Bonchev–Trinajstić information content (AvgIpc) is 3.32. The Labute approximate surface area is 219 Å². The zero-order valence-electron chi connectivity index (χ0n) is 21.6. The van der Waals surface area contributed by atoms with Gasteiger partial charge in [-0.1, -0.05) is 13.8 Å². The van der Waals surface area contributed by atoms with Crippen LogP contribution in [0.25, 0.3) is 0 Å². The number of carboxylic acid groups (broad SMARTS) is 3. The minimum atomic E-state index is -1.57. The second kappa shape index (κ2) is 14.9. The maximum Gasteiger partial charge on any atom is 0.326 e. The number of carbonyl (C=O) groups is 7. The van der Waals surface area contributed by atoms with Crippen LogP contribution in [-0.4, -0.2) is 98.5 Å². The van der Waals surface area contributed by atoms with Crippen molar-refractivity contribution in [3.63, 3.8) is 0 Å². The Bertz CT molecular complexity index is 924. The number of amides is 4. The zero-order chi connectivity index (χ0) is 29.2. The Morgan fingerprint density at radius 2 is 1.39 bits per heavy atom. The van der Waals surface area contributed by atoms with Crippen molar-refractivity contribution in [2.45, 2.75) is 89.5 Å². The molecule has 0 aromatic carbocycles. The van der Waals surface area contributed by atoms with Gasteiger partial charge in [0.25, 0.3) is 0 Å². The van der Waals surface area contributed by atoms with Crippen molar-refractivity contribution in [2.75, 3.05) is 6.54 Å². The summed E-state index contributed by atoms with van der Waals surface area (Å²) in [6.07, 6.45) is -1.17. The van der Waals surface area contributed by atoms with Crippen LogP contribution in [0.4, 0.5) is 0 Å². The molecule has 1 fully saturated rings. The first-order valence-corrected chi connectivity index (χ1v) is 12.3. The summed E-state index contributed by atoms with van der Waals surface area (Å²) < 4.78 is 0. The predicted octanol–water partition coefficient (Wildman–Crippen LogP) is -1.75. The van der Waals surface area contributed by atoms with Crippen LogP contribution >= 0.6 is 0 Å². The number of aliphatic carboxylic acids is 3. The molecule has 1 rings (SSSR count). The Kier molecular flexibility index (Phi) is 12.6. The lowest BCUT2D eigenvalue weighted by Gasteiger charge is -2.29. The first kappa shape index (κ1) is 32.3. The topological polar surface area (TPSA) is 246 Å². The van der Waals surface area contributed by atoms with Gasteiger partial charge in [-0.3, -0.25) is 28.8 Å². The van der Waals surface area contributed by atoms with E-state index in [1.807, 2.05) is 0 Å². The van der Waals surface area contributed by atoms with Gasteiger partial charge in [0.05, 0.1) is 6.04 Å². The minimum absolute atomic E-state index is 0.165. The van der Waals surface area contributed by atoms with Crippen molar-refractivity contribution in [1.29, 1.82) is 0 Å². The molecule has 0 bridgehead atoms. The second-order valence-corrected chi connectivity index (χ2v) is 9.52. The summed E-state index contributed by atoms with van der Waals surface area (Å²) in [7, 11) is 0. The molecule has 0 spiro atoms. The highest BCUT2D eigenvalue weighted by molar-refractivity contribution is 5.95. The molecule has 1 aliphatic rings. The van der Waals surface area contributed by atoms with Gasteiger partial charge in [-0.2, -0.15) is 0 Å². The first-order chi connectivity index (χ1) is 17.6. The molecule has 0 aromatic heterocycles. The molecule has 5 atom stereocenters. The number of rotatable bonds is 15. The lowest BCUT2D eigenvalue weighted by molar-refractivity contribution is -0.144. The standard InChI is InChI=1S/C23H37N5O10/c1-11(2)18(24)21(35)25-12(3)22(36)28-10-4-5-15(28)20(34)26-13(6-8-16(29)30)19(33)27-14(23(37)38)7-9-17(31)32/h11-15,18H,4-10,24H2,1-3H3,(H,25,35)(H,26,34)(H,27,33)(H,29,30)(H,31,32)(H,37,38)/t12-,13-,14-,15-,18-/m0/s1. The molecule has 0 saturated carbocycles. The normalized spacial score (nSPS) is 18.1. The molecule has 1 heterocycles.